The molecule has 1 aromatic carbocycles. The van der Waals surface area contributed by atoms with Gasteiger partial charge in [-0.05, 0) is 24.3 Å². The number of hydrogen-bond donors (Lipinski definition) is 1. The zero-order chi connectivity index (χ0) is 14.9. The van der Waals surface area contributed by atoms with Crippen molar-refractivity contribution >= 4 is 33.4 Å². The molecule has 6 nitrogen and oxygen atoms in total. The maximum Gasteiger partial charge on any atom is 0.279 e. The number of rotatable bonds is 4. The van der Waals surface area contributed by atoms with Crippen LogP contribution in [0, 0.1) is 0 Å². The number of amides is 1. The van der Waals surface area contributed by atoms with Gasteiger partial charge in [-0.2, -0.15) is 17.4 Å². The fraction of sp³-hybridized carbons (Fsp3) is 0.417. The first-order valence-electron chi connectivity index (χ1n) is 6.05. The van der Waals surface area contributed by atoms with Gasteiger partial charge < -0.3 is 4.90 Å². The van der Waals surface area contributed by atoms with E-state index in [-0.39, 0.29) is 12.3 Å². The SMILES string of the molecule is CN(C)S(=O)(=O)N[C@H]1CC(=O)N(c2ccc(Cl)cc2)C1. The molecule has 1 amide bonds. The fourth-order valence-electron chi connectivity index (χ4n) is 1.97. The lowest BCUT2D eigenvalue weighted by Crippen LogP contribution is -2.43. The maximum absolute atomic E-state index is 12.0. The van der Waals surface area contributed by atoms with Crippen LogP contribution in [-0.2, 0) is 15.0 Å². The largest absolute Gasteiger partial charge is 0.311 e. The minimum atomic E-state index is -3.53. The highest BCUT2D eigenvalue weighted by Crippen LogP contribution is 2.23. The summed E-state index contributed by atoms with van der Waals surface area (Å²) in [5.74, 6) is -0.112. The lowest BCUT2D eigenvalue weighted by atomic mass is 10.3. The standard InChI is InChI=1S/C12H16ClN3O3S/c1-15(2)20(18,19)14-10-7-12(17)16(8-10)11-5-3-9(13)4-6-11/h3-6,10,14H,7-8H2,1-2H3/t10-/m0/s1. The topological polar surface area (TPSA) is 69.7 Å². The van der Waals surface area contributed by atoms with E-state index in [0.717, 1.165) is 4.31 Å². The van der Waals surface area contributed by atoms with Gasteiger partial charge in [-0.1, -0.05) is 11.6 Å². The van der Waals surface area contributed by atoms with Crippen molar-refractivity contribution in [1.82, 2.24) is 9.03 Å². The van der Waals surface area contributed by atoms with Gasteiger partial charge in [-0.3, -0.25) is 4.79 Å². The maximum atomic E-state index is 12.0. The van der Waals surface area contributed by atoms with Gasteiger partial charge in [-0.15, -0.1) is 0 Å². The quantitative estimate of drug-likeness (QED) is 0.894. The zero-order valence-electron chi connectivity index (χ0n) is 11.2. The van der Waals surface area contributed by atoms with Gasteiger partial charge in [0.2, 0.25) is 5.91 Å². The summed E-state index contributed by atoms with van der Waals surface area (Å²) < 4.78 is 27.1. The van der Waals surface area contributed by atoms with Crippen LogP contribution in [0.25, 0.3) is 0 Å². The number of carbonyl (C=O) groups is 1. The van der Waals surface area contributed by atoms with Gasteiger partial charge in [0.15, 0.2) is 0 Å². The van der Waals surface area contributed by atoms with E-state index in [9.17, 15) is 13.2 Å². The Kier molecular flexibility index (Phi) is 4.33. The average Bonchev–Trinajstić information content (AvgIpc) is 2.70. The van der Waals surface area contributed by atoms with E-state index in [1.807, 2.05) is 0 Å². The predicted molar refractivity (Wildman–Crippen MR) is 78.0 cm³/mol. The highest BCUT2D eigenvalue weighted by Gasteiger charge is 2.33. The van der Waals surface area contributed by atoms with Crippen molar-refractivity contribution in [2.24, 2.45) is 0 Å². The van der Waals surface area contributed by atoms with Crippen LogP contribution in [0.4, 0.5) is 5.69 Å². The van der Waals surface area contributed by atoms with Crippen molar-refractivity contribution in [1.29, 1.82) is 0 Å². The molecule has 0 unspecified atom stereocenters. The summed E-state index contributed by atoms with van der Waals surface area (Å²) in [7, 11) is -0.653. The van der Waals surface area contributed by atoms with E-state index < -0.39 is 16.3 Å². The summed E-state index contributed by atoms with van der Waals surface area (Å²) in [6.07, 6.45) is 0.149. The molecule has 0 aliphatic carbocycles. The van der Waals surface area contributed by atoms with Gasteiger partial charge in [0.25, 0.3) is 10.2 Å². The van der Waals surface area contributed by atoms with E-state index in [2.05, 4.69) is 4.72 Å². The molecule has 1 aliphatic rings. The van der Waals surface area contributed by atoms with Gasteiger partial charge >= 0.3 is 0 Å². The van der Waals surface area contributed by atoms with E-state index in [1.54, 1.807) is 29.2 Å². The molecule has 1 aromatic rings. The molecular formula is C12H16ClN3O3S. The third-order valence-corrected chi connectivity index (χ3v) is 4.90. The van der Waals surface area contributed by atoms with Crippen molar-refractivity contribution < 1.29 is 13.2 Å². The van der Waals surface area contributed by atoms with Crippen molar-refractivity contribution in [3.63, 3.8) is 0 Å². The van der Waals surface area contributed by atoms with Crippen molar-refractivity contribution in [2.75, 3.05) is 25.5 Å². The van der Waals surface area contributed by atoms with Crippen LogP contribution < -0.4 is 9.62 Å². The molecule has 0 spiro atoms. The first-order chi connectivity index (χ1) is 9.29. The predicted octanol–water partition coefficient (Wildman–Crippen LogP) is 0.841. The summed E-state index contributed by atoms with van der Waals surface area (Å²) in [5.41, 5.74) is 0.714. The number of hydrogen-bond acceptors (Lipinski definition) is 3. The number of carbonyl (C=O) groups excluding carboxylic acids is 1. The Morgan fingerprint density at radius 2 is 1.90 bits per heavy atom. The van der Waals surface area contributed by atoms with Gasteiger partial charge in [0.05, 0.1) is 0 Å². The Balaban J connectivity index is 2.10. The third kappa shape index (κ3) is 3.29. The second kappa shape index (κ2) is 5.69. The van der Waals surface area contributed by atoms with Crippen molar-refractivity contribution in [3.05, 3.63) is 29.3 Å². The van der Waals surface area contributed by atoms with Crippen LogP contribution >= 0.6 is 11.6 Å². The molecule has 8 heteroatoms. The highest BCUT2D eigenvalue weighted by molar-refractivity contribution is 7.87. The molecule has 110 valence electrons. The van der Waals surface area contributed by atoms with Crippen molar-refractivity contribution in [3.8, 4) is 0 Å². The van der Waals surface area contributed by atoms with Crippen LogP contribution in [0.3, 0.4) is 0 Å². The Morgan fingerprint density at radius 3 is 2.45 bits per heavy atom. The second-order valence-electron chi connectivity index (χ2n) is 4.79. The average molecular weight is 318 g/mol. The van der Waals surface area contributed by atoms with Crippen LogP contribution in [-0.4, -0.2) is 45.3 Å². The summed E-state index contributed by atoms with van der Waals surface area (Å²) in [6.45, 7) is 0.313. The van der Waals surface area contributed by atoms with Gasteiger partial charge in [-0.25, -0.2) is 0 Å². The van der Waals surface area contributed by atoms with Gasteiger partial charge in [0.1, 0.15) is 0 Å². The Labute approximate surface area is 123 Å². The molecule has 1 aliphatic heterocycles. The molecule has 0 aromatic heterocycles. The number of nitrogens with zero attached hydrogens (tertiary/aromatic N) is 2. The fourth-order valence-corrected chi connectivity index (χ4v) is 2.89. The number of anilines is 1. The summed E-state index contributed by atoms with van der Waals surface area (Å²) in [6, 6.07) is 6.44. The smallest absolute Gasteiger partial charge is 0.279 e. The lowest BCUT2D eigenvalue weighted by Gasteiger charge is -2.19. The second-order valence-corrected chi connectivity index (χ2v) is 7.14. The van der Waals surface area contributed by atoms with Crippen LogP contribution in [0.5, 0.6) is 0 Å². The first kappa shape index (κ1) is 15.2. The van der Waals surface area contributed by atoms with Crippen LogP contribution in [0.2, 0.25) is 5.02 Å². The Bertz CT molecular complexity index is 601. The van der Waals surface area contributed by atoms with E-state index in [4.69, 9.17) is 11.6 Å². The molecule has 1 atom stereocenters. The minimum absolute atomic E-state index is 0.112. The first-order valence-corrected chi connectivity index (χ1v) is 7.87. The summed E-state index contributed by atoms with van der Waals surface area (Å²) >= 11 is 5.80. The lowest BCUT2D eigenvalue weighted by molar-refractivity contribution is -0.117. The summed E-state index contributed by atoms with van der Waals surface area (Å²) in [5, 5.41) is 0.588. The normalized spacial score (nSPS) is 19.9. The molecule has 0 saturated carbocycles. The Hall–Kier alpha value is -1.15. The number of nitrogens with one attached hydrogen (secondary N) is 1. The number of benzene rings is 1. The summed E-state index contributed by atoms with van der Waals surface area (Å²) in [4.78, 5) is 13.5. The monoisotopic (exact) mass is 317 g/mol. The Morgan fingerprint density at radius 1 is 1.30 bits per heavy atom. The molecule has 0 radical (unpaired) electrons. The highest BCUT2D eigenvalue weighted by atomic mass is 35.5. The van der Waals surface area contributed by atoms with E-state index in [1.165, 1.54) is 14.1 Å². The molecule has 1 heterocycles. The molecule has 1 fully saturated rings. The molecular weight excluding hydrogens is 302 g/mol. The van der Waals surface area contributed by atoms with Crippen LogP contribution in [0.1, 0.15) is 6.42 Å². The van der Waals surface area contributed by atoms with E-state index in [0.29, 0.717) is 17.3 Å². The third-order valence-electron chi connectivity index (χ3n) is 3.06. The zero-order valence-corrected chi connectivity index (χ0v) is 12.8. The molecule has 1 N–H and O–H groups in total. The number of halogens is 1. The molecule has 20 heavy (non-hydrogen) atoms. The molecule has 1 saturated heterocycles. The van der Waals surface area contributed by atoms with Crippen LogP contribution in [0.15, 0.2) is 24.3 Å². The van der Waals surface area contributed by atoms with E-state index >= 15 is 0 Å². The van der Waals surface area contributed by atoms with Crippen molar-refractivity contribution in [2.45, 2.75) is 12.5 Å². The molecule has 2 rings (SSSR count). The molecule has 0 bridgehead atoms. The minimum Gasteiger partial charge on any atom is -0.311 e. The van der Waals surface area contributed by atoms with Gasteiger partial charge in [0, 0.05) is 43.8 Å².